The zero-order chi connectivity index (χ0) is 14.4. The molecule has 1 aromatic rings. The zero-order valence-corrected chi connectivity index (χ0v) is 12.5. The lowest BCUT2D eigenvalue weighted by Crippen LogP contribution is -2.27. The van der Waals surface area contributed by atoms with Gasteiger partial charge in [-0.25, -0.2) is 13.1 Å². The molecule has 0 bridgehead atoms. The van der Waals surface area contributed by atoms with Crippen LogP contribution in [0.2, 0.25) is 0 Å². The minimum absolute atomic E-state index is 0.0223. The summed E-state index contributed by atoms with van der Waals surface area (Å²) in [5.41, 5.74) is 1.45. The van der Waals surface area contributed by atoms with E-state index in [4.69, 9.17) is 5.11 Å². The van der Waals surface area contributed by atoms with E-state index in [1.54, 1.807) is 24.3 Å². The van der Waals surface area contributed by atoms with Gasteiger partial charge >= 0.3 is 0 Å². The summed E-state index contributed by atoms with van der Waals surface area (Å²) >= 11 is 0. The predicted molar refractivity (Wildman–Crippen MR) is 79.6 cm³/mol. The number of benzene rings is 1. The normalized spacial score (nSPS) is 16.6. The van der Waals surface area contributed by atoms with E-state index in [0.29, 0.717) is 18.0 Å². The molecule has 1 aliphatic carbocycles. The third-order valence-electron chi connectivity index (χ3n) is 3.88. The maximum absolute atomic E-state index is 12.0. The molecule has 0 heterocycles. The maximum atomic E-state index is 12.0. The number of aliphatic hydroxyl groups is 1. The maximum Gasteiger partial charge on any atom is 0.215 e. The minimum atomic E-state index is -3.28. The molecule has 0 aliphatic heterocycles. The molecule has 0 spiro atoms. The standard InChI is InChI=1S/C15H23NO3S/c17-11-14-6-3-7-15(10-14)12-20(18,19)16-9-8-13-4-1-2-5-13/h3,6-7,10,13,16-17H,1-2,4-5,8-9,11-12H2. The van der Waals surface area contributed by atoms with Crippen molar-refractivity contribution < 1.29 is 13.5 Å². The van der Waals surface area contributed by atoms with Crippen LogP contribution in [0.25, 0.3) is 0 Å². The summed E-state index contributed by atoms with van der Waals surface area (Å²) in [4.78, 5) is 0. The van der Waals surface area contributed by atoms with Crippen molar-refractivity contribution in [2.75, 3.05) is 6.54 Å². The fourth-order valence-electron chi connectivity index (χ4n) is 2.81. The summed E-state index contributed by atoms with van der Waals surface area (Å²) in [5, 5.41) is 9.06. The third-order valence-corrected chi connectivity index (χ3v) is 5.24. The molecule has 112 valence electrons. The van der Waals surface area contributed by atoms with Crippen molar-refractivity contribution in [2.45, 2.75) is 44.5 Å². The molecule has 4 nitrogen and oxygen atoms in total. The van der Waals surface area contributed by atoms with E-state index in [2.05, 4.69) is 4.72 Å². The zero-order valence-electron chi connectivity index (χ0n) is 11.7. The highest BCUT2D eigenvalue weighted by Gasteiger charge is 2.16. The van der Waals surface area contributed by atoms with Gasteiger partial charge in [-0.1, -0.05) is 49.9 Å². The van der Waals surface area contributed by atoms with E-state index in [1.165, 1.54) is 25.7 Å². The minimum Gasteiger partial charge on any atom is -0.392 e. The Morgan fingerprint density at radius 2 is 1.90 bits per heavy atom. The monoisotopic (exact) mass is 297 g/mol. The van der Waals surface area contributed by atoms with Crippen LogP contribution in [0.1, 0.15) is 43.2 Å². The Labute approximate surface area is 121 Å². The van der Waals surface area contributed by atoms with E-state index < -0.39 is 10.0 Å². The lowest BCUT2D eigenvalue weighted by atomic mass is 10.1. The molecule has 0 aromatic heterocycles. The summed E-state index contributed by atoms with van der Waals surface area (Å²) in [6, 6.07) is 7.06. The van der Waals surface area contributed by atoms with E-state index in [1.807, 2.05) is 0 Å². The van der Waals surface area contributed by atoms with Crippen LogP contribution >= 0.6 is 0 Å². The first-order valence-electron chi connectivity index (χ1n) is 7.25. The Kier molecular flexibility index (Phi) is 5.57. The van der Waals surface area contributed by atoms with E-state index in [-0.39, 0.29) is 12.4 Å². The molecule has 0 unspecified atom stereocenters. The highest BCUT2D eigenvalue weighted by Crippen LogP contribution is 2.27. The largest absolute Gasteiger partial charge is 0.392 e. The second kappa shape index (κ2) is 7.20. The van der Waals surface area contributed by atoms with Gasteiger partial charge in [0.2, 0.25) is 10.0 Å². The van der Waals surface area contributed by atoms with Gasteiger partial charge in [-0.05, 0) is 23.5 Å². The van der Waals surface area contributed by atoms with Gasteiger partial charge in [-0.2, -0.15) is 0 Å². The fourth-order valence-corrected chi connectivity index (χ4v) is 3.96. The Hall–Kier alpha value is -0.910. The van der Waals surface area contributed by atoms with Crippen LogP contribution < -0.4 is 4.72 Å². The summed E-state index contributed by atoms with van der Waals surface area (Å²) < 4.78 is 26.7. The van der Waals surface area contributed by atoms with Crippen LogP contribution in [0, 0.1) is 5.92 Å². The Morgan fingerprint density at radius 3 is 2.60 bits per heavy atom. The van der Waals surface area contributed by atoms with Crippen molar-refractivity contribution in [1.82, 2.24) is 4.72 Å². The van der Waals surface area contributed by atoms with Crippen LogP contribution in [0.5, 0.6) is 0 Å². The van der Waals surface area contributed by atoms with Crippen LogP contribution in [0.3, 0.4) is 0 Å². The second-order valence-corrected chi connectivity index (χ2v) is 7.38. The quantitative estimate of drug-likeness (QED) is 0.810. The first-order valence-corrected chi connectivity index (χ1v) is 8.90. The predicted octanol–water partition coefficient (Wildman–Crippen LogP) is 2.18. The molecular formula is C15H23NO3S. The average molecular weight is 297 g/mol. The van der Waals surface area contributed by atoms with Gasteiger partial charge in [0.15, 0.2) is 0 Å². The molecule has 1 saturated carbocycles. The first kappa shape index (κ1) is 15.5. The third kappa shape index (κ3) is 4.89. The van der Waals surface area contributed by atoms with E-state index in [0.717, 1.165) is 12.0 Å². The number of aliphatic hydroxyl groups excluding tert-OH is 1. The smallest absolute Gasteiger partial charge is 0.215 e. The molecule has 0 atom stereocenters. The lowest BCUT2D eigenvalue weighted by molar-refractivity contribution is 0.282. The van der Waals surface area contributed by atoms with Gasteiger partial charge in [0.1, 0.15) is 0 Å². The molecule has 0 amide bonds. The number of hydrogen-bond acceptors (Lipinski definition) is 3. The molecule has 2 N–H and O–H groups in total. The van der Waals surface area contributed by atoms with Gasteiger partial charge in [0.05, 0.1) is 12.4 Å². The Bertz CT molecular complexity index is 522. The number of rotatable bonds is 7. The molecule has 20 heavy (non-hydrogen) atoms. The van der Waals surface area contributed by atoms with Gasteiger partial charge in [-0.3, -0.25) is 0 Å². The highest BCUT2D eigenvalue weighted by molar-refractivity contribution is 7.88. The summed E-state index contributed by atoms with van der Waals surface area (Å²) in [5.74, 6) is 0.668. The number of sulfonamides is 1. The number of nitrogens with one attached hydrogen (secondary N) is 1. The van der Waals surface area contributed by atoms with E-state index >= 15 is 0 Å². The molecular weight excluding hydrogens is 274 g/mol. The van der Waals surface area contributed by atoms with Crippen molar-refractivity contribution >= 4 is 10.0 Å². The van der Waals surface area contributed by atoms with Gasteiger partial charge in [0.25, 0.3) is 0 Å². The Balaban J connectivity index is 1.83. The lowest BCUT2D eigenvalue weighted by Gasteiger charge is -2.11. The average Bonchev–Trinajstić information content (AvgIpc) is 2.91. The van der Waals surface area contributed by atoms with Crippen molar-refractivity contribution in [1.29, 1.82) is 0 Å². The first-order chi connectivity index (χ1) is 9.59. The summed E-state index contributed by atoms with van der Waals surface area (Å²) in [7, 11) is -3.28. The Morgan fingerprint density at radius 1 is 1.20 bits per heavy atom. The van der Waals surface area contributed by atoms with Gasteiger partial charge in [-0.15, -0.1) is 0 Å². The van der Waals surface area contributed by atoms with Gasteiger partial charge < -0.3 is 5.11 Å². The van der Waals surface area contributed by atoms with Crippen LogP contribution in [0.4, 0.5) is 0 Å². The topological polar surface area (TPSA) is 66.4 Å². The summed E-state index contributed by atoms with van der Waals surface area (Å²) in [6.07, 6.45) is 5.98. The van der Waals surface area contributed by atoms with Crippen molar-refractivity contribution in [3.63, 3.8) is 0 Å². The molecule has 5 heteroatoms. The molecule has 1 fully saturated rings. The molecule has 0 radical (unpaired) electrons. The molecule has 2 rings (SSSR count). The molecule has 0 saturated heterocycles. The van der Waals surface area contributed by atoms with E-state index in [9.17, 15) is 8.42 Å². The summed E-state index contributed by atoms with van der Waals surface area (Å²) in [6.45, 7) is 0.468. The molecule has 1 aliphatic rings. The second-order valence-electron chi connectivity index (χ2n) is 5.57. The van der Waals surface area contributed by atoms with Crippen LogP contribution in [0.15, 0.2) is 24.3 Å². The molecule has 1 aromatic carbocycles. The van der Waals surface area contributed by atoms with Crippen molar-refractivity contribution in [2.24, 2.45) is 5.92 Å². The highest BCUT2D eigenvalue weighted by atomic mass is 32.2. The van der Waals surface area contributed by atoms with Crippen LogP contribution in [-0.2, 0) is 22.4 Å². The van der Waals surface area contributed by atoms with Crippen molar-refractivity contribution in [3.05, 3.63) is 35.4 Å². The van der Waals surface area contributed by atoms with Crippen molar-refractivity contribution in [3.8, 4) is 0 Å². The van der Waals surface area contributed by atoms with Crippen LogP contribution in [-0.4, -0.2) is 20.1 Å². The fraction of sp³-hybridized carbons (Fsp3) is 0.600. The SMILES string of the molecule is O=S(=O)(Cc1cccc(CO)c1)NCCC1CCCC1. The van der Waals surface area contributed by atoms with Gasteiger partial charge in [0, 0.05) is 6.54 Å². The number of hydrogen-bond donors (Lipinski definition) is 2.